The molecule has 0 fully saturated rings. The second kappa shape index (κ2) is 3.47. The van der Waals surface area contributed by atoms with Gasteiger partial charge >= 0.3 is 6.09 Å². The quantitative estimate of drug-likeness (QED) is 0.701. The van der Waals surface area contributed by atoms with Crippen LogP contribution in [-0.2, 0) is 0 Å². The third-order valence-electron chi connectivity index (χ3n) is 1.13. The van der Waals surface area contributed by atoms with Crippen molar-refractivity contribution in [2.24, 2.45) is 0 Å². The van der Waals surface area contributed by atoms with Gasteiger partial charge < -0.3 is 5.32 Å². The minimum Gasteiger partial charge on any atom is -0.315 e. The van der Waals surface area contributed by atoms with Gasteiger partial charge in [-0.15, -0.1) is 5.10 Å². The van der Waals surface area contributed by atoms with Crippen molar-refractivity contribution >= 4 is 6.09 Å². The Bertz CT molecular complexity index is 274. The molecule has 0 saturated heterocycles. The minimum absolute atomic E-state index is 0.301. The van der Waals surface area contributed by atoms with Crippen molar-refractivity contribution in [3.63, 3.8) is 0 Å². The van der Waals surface area contributed by atoms with Gasteiger partial charge in [0.05, 0.1) is 12.4 Å². The SMILES string of the molecule is CC(C)(C)NC(=O)On1cccn1. The summed E-state index contributed by atoms with van der Waals surface area (Å²) in [6.45, 7) is 5.62. The fourth-order valence-corrected chi connectivity index (χ4v) is 0.723. The van der Waals surface area contributed by atoms with Crippen molar-refractivity contribution in [3.05, 3.63) is 18.5 Å². The van der Waals surface area contributed by atoms with E-state index in [-0.39, 0.29) is 5.54 Å². The maximum Gasteiger partial charge on any atom is 0.433 e. The van der Waals surface area contributed by atoms with Gasteiger partial charge in [-0.1, -0.05) is 4.85 Å². The van der Waals surface area contributed by atoms with Gasteiger partial charge in [-0.2, -0.15) is 0 Å². The van der Waals surface area contributed by atoms with E-state index in [1.165, 1.54) is 6.20 Å². The average molecular weight is 183 g/mol. The van der Waals surface area contributed by atoms with Crippen molar-refractivity contribution in [2.45, 2.75) is 26.3 Å². The number of aromatic nitrogens is 2. The average Bonchev–Trinajstić information content (AvgIpc) is 2.34. The Hall–Kier alpha value is -1.52. The molecule has 1 aromatic heterocycles. The largest absolute Gasteiger partial charge is 0.433 e. The molecule has 72 valence electrons. The van der Waals surface area contributed by atoms with Crippen molar-refractivity contribution in [3.8, 4) is 0 Å². The first-order valence-electron chi connectivity index (χ1n) is 3.97. The lowest BCUT2D eigenvalue weighted by Gasteiger charge is -2.19. The van der Waals surface area contributed by atoms with Crippen LogP contribution in [0.15, 0.2) is 18.5 Å². The molecule has 0 aromatic carbocycles. The summed E-state index contributed by atoms with van der Waals surface area (Å²) in [5.41, 5.74) is -0.301. The maximum atomic E-state index is 11.1. The first-order valence-corrected chi connectivity index (χ1v) is 3.97. The van der Waals surface area contributed by atoms with Crippen LogP contribution in [0, 0.1) is 0 Å². The Labute approximate surface area is 76.6 Å². The van der Waals surface area contributed by atoms with E-state index in [9.17, 15) is 4.79 Å². The van der Waals surface area contributed by atoms with Gasteiger partial charge in [0.15, 0.2) is 0 Å². The number of amides is 1. The minimum atomic E-state index is -0.517. The Morgan fingerprint density at radius 3 is 2.69 bits per heavy atom. The zero-order valence-corrected chi connectivity index (χ0v) is 7.94. The Kier molecular flexibility index (Phi) is 2.55. The summed E-state index contributed by atoms with van der Waals surface area (Å²) < 4.78 is 0. The van der Waals surface area contributed by atoms with Gasteiger partial charge in [0.25, 0.3) is 0 Å². The summed E-state index contributed by atoms with van der Waals surface area (Å²) in [6, 6.07) is 1.67. The van der Waals surface area contributed by atoms with Gasteiger partial charge in [0.2, 0.25) is 0 Å². The highest BCUT2D eigenvalue weighted by molar-refractivity contribution is 5.68. The molecule has 1 aromatic rings. The summed E-state index contributed by atoms with van der Waals surface area (Å²) in [6.07, 6.45) is 2.56. The lowest BCUT2D eigenvalue weighted by atomic mass is 10.1. The molecule has 0 aliphatic heterocycles. The number of carbonyl (C=O) groups is 1. The molecule has 0 atom stereocenters. The third kappa shape index (κ3) is 3.59. The molecule has 0 bridgehead atoms. The summed E-state index contributed by atoms with van der Waals surface area (Å²) in [4.78, 5) is 17.0. The zero-order chi connectivity index (χ0) is 9.90. The van der Waals surface area contributed by atoms with Crippen LogP contribution in [0.3, 0.4) is 0 Å². The Balaban J connectivity index is 2.43. The van der Waals surface area contributed by atoms with Crippen molar-refractivity contribution in [2.75, 3.05) is 0 Å². The number of rotatable bonds is 1. The van der Waals surface area contributed by atoms with Crippen LogP contribution in [0.4, 0.5) is 4.79 Å². The molecule has 1 rings (SSSR count). The van der Waals surface area contributed by atoms with Crippen LogP contribution in [-0.4, -0.2) is 21.6 Å². The van der Waals surface area contributed by atoms with E-state index in [4.69, 9.17) is 4.84 Å². The highest BCUT2D eigenvalue weighted by atomic mass is 16.7. The first kappa shape index (κ1) is 9.57. The lowest BCUT2D eigenvalue weighted by Crippen LogP contribution is -2.44. The van der Waals surface area contributed by atoms with Gasteiger partial charge in [0, 0.05) is 5.54 Å². The normalized spacial score (nSPS) is 11.0. The molecule has 1 amide bonds. The Morgan fingerprint density at radius 1 is 1.54 bits per heavy atom. The molecule has 13 heavy (non-hydrogen) atoms. The van der Waals surface area contributed by atoms with Crippen LogP contribution in [0.2, 0.25) is 0 Å². The topological polar surface area (TPSA) is 56.1 Å². The number of hydrogen-bond acceptors (Lipinski definition) is 3. The molecule has 0 spiro atoms. The maximum absolute atomic E-state index is 11.1. The fourth-order valence-electron chi connectivity index (χ4n) is 0.723. The van der Waals surface area contributed by atoms with E-state index >= 15 is 0 Å². The van der Waals surface area contributed by atoms with Gasteiger partial charge in [0.1, 0.15) is 0 Å². The standard InChI is InChI=1S/C8H13N3O2/c1-8(2,3)10-7(12)13-11-6-4-5-9-11/h4-6H,1-3H3,(H,10,12). The van der Waals surface area contributed by atoms with Crippen LogP contribution in [0.25, 0.3) is 0 Å². The van der Waals surface area contributed by atoms with Crippen LogP contribution in [0.1, 0.15) is 20.8 Å². The van der Waals surface area contributed by atoms with Crippen molar-refractivity contribution in [1.29, 1.82) is 0 Å². The molecule has 0 aliphatic rings. The van der Waals surface area contributed by atoms with E-state index in [0.717, 1.165) is 4.85 Å². The number of carbonyl (C=O) groups excluding carboxylic acids is 1. The third-order valence-corrected chi connectivity index (χ3v) is 1.13. The second-order valence-corrected chi connectivity index (χ2v) is 3.66. The first-order chi connectivity index (χ1) is 5.97. The smallest absolute Gasteiger partial charge is 0.315 e. The summed E-state index contributed by atoms with van der Waals surface area (Å²) in [5.74, 6) is 0. The molecular weight excluding hydrogens is 170 g/mol. The molecule has 1 N–H and O–H groups in total. The van der Waals surface area contributed by atoms with Gasteiger partial charge in [-0.05, 0) is 26.8 Å². The van der Waals surface area contributed by atoms with E-state index in [2.05, 4.69) is 10.4 Å². The van der Waals surface area contributed by atoms with E-state index in [1.54, 1.807) is 12.3 Å². The molecule has 1 heterocycles. The van der Waals surface area contributed by atoms with E-state index in [0.29, 0.717) is 0 Å². The monoisotopic (exact) mass is 183 g/mol. The highest BCUT2D eigenvalue weighted by Crippen LogP contribution is 1.97. The van der Waals surface area contributed by atoms with Gasteiger partial charge in [-0.25, -0.2) is 4.79 Å². The zero-order valence-electron chi connectivity index (χ0n) is 7.94. The second-order valence-electron chi connectivity index (χ2n) is 3.66. The van der Waals surface area contributed by atoms with Crippen LogP contribution in [0.5, 0.6) is 0 Å². The number of nitrogens with one attached hydrogen (secondary N) is 1. The molecule has 0 aliphatic carbocycles. The molecule has 5 heteroatoms. The summed E-state index contributed by atoms with van der Waals surface area (Å²) in [5, 5.41) is 6.36. The lowest BCUT2D eigenvalue weighted by molar-refractivity contribution is 0.109. The summed E-state index contributed by atoms with van der Waals surface area (Å²) >= 11 is 0. The molecule has 0 unspecified atom stereocenters. The predicted octanol–water partition coefficient (Wildman–Crippen LogP) is 0.820. The highest BCUT2D eigenvalue weighted by Gasteiger charge is 2.15. The molecule has 0 radical (unpaired) electrons. The van der Waals surface area contributed by atoms with Crippen molar-refractivity contribution in [1.82, 2.24) is 15.3 Å². The molecular formula is C8H13N3O2. The van der Waals surface area contributed by atoms with Crippen LogP contribution < -0.4 is 10.2 Å². The van der Waals surface area contributed by atoms with E-state index < -0.39 is 6.09 Å². The van der Waals surface area contributed by atoms with E-state index in [1.807, 2.05) is 20.8 Å². The molecule has 0 saturated carbocycles. The Morgan fingerprint density at radius 2 is 2.23 bits per heavy atom. The predicted molar refractivity (Wildman–Crippen MR) is 47.1 cm³/mol. The number of hydrogen-bond donors (Lipinski definition) is 1. The summed E-state index contributed by atoms with van der Waals surface area (Å²) in [7, 11) is 0. The van der Waals surface area contributed by atoms with Gasteiger partial charge in [-0.3, -0.25) is 4.84 Å². The van der Waals surface area contributed by atoms with Crippen molar-refractivity contribution < 1.29 is 9.63 Å². The van der Waals surface area contributed by atoms with Crippen LogP contribution >= 0.6 is 0 Å². The fraction of sp³-hybridized carbons (Fsp3) is 0.500. The number of nitrogens with zero attached hydrogens (tertiary/aromatic N) is 2. The molecule has 5 nitrogen and oxygen atoms in total.